The molecule has 126 valence electrons. The van der Waals surface area contributed by atoms with Gasteiger partial charge < -0.3 is 14.3 Å². The number of rotatable bonds is 3. The SMILES string of the molecule is Cc1noc(C2CCCN(C(=O)C3CC(=O)N(C(C)C)C3)C2)n1. The van der Waals surface area contributed by atoms with Crippen LogP contribution in [0.15, 0.2) is 4.52 Å². The summed E-state index contributed by atoms with van der Waals surface area (Å²) >= 11 is 0. The third-order valence-corrected chi connectivity index (χ3v) is 4.76. The molecule has 0 saturated carbocycles. The summed E-state index contributed by atoms with van der Waals surface area (Å²) in [5, 5.41) is 3.84. The first-order valence-electron chi connectivity index (χ1n) is 8.34. The smallest absolute Gasteiger partial charge is 0.231 e. The number of aryl methyl sites for hydroxylation is 1. The van der Waals surface area contributed by atoms with E-state index in [4.69, 9.17) is 4.52 Å². The van der Waals surface area contributed by atoms with Crippen LogP contribution in [0.4, 0.5) is 0 Å². The Morgan fingerprint density at radius 3 is 2.74 bits per heavy atom. The molecule has 7 heteroatoms. The van der Waals surface area contributed by atoms with Crippen molar-refractivity contribution in [3.05, 3.63) is 11.7 Å². The minimum atomic E-state index is -0.215. The number of hydrogen-bond donors (Lipinski definition) is 0. The molecule has 0 aromatic carbocycles. The van der Waals surface area contributed by atoms with E-state index in [1.54, 1.807) is 11.8 Å². The minimum Gasteiger partial charge on any atom is -0.342 e. The van der Waals surface area contributed by atoms with Crippen molar-refractivity contribution >= 4 is 11.8 Å². The lowest BCUT2D eigenvalue weighted by molar-refractivity contribution is -0.137. The fraction of sp³-hybridized carbons (Fsp3) is 0.750. The number of nitrogens with zero attached hydrogens (tertiary/aromatic N) is 4. The largest absolute Gasteiger partial charge is 0.342 e. The molecule has 23 heavy (non-hydrogen) atoms. The van der Waals surface area contributed by atoms with E-state index in [1.807, 2.05) is 18.7 Å². The van der Waals surface area contributed by atoms with E-state index in [1.165, 1.54) is 0 Å². The lowest BCUT2D eigenvalue weighted by Gasteiger charge is -2.32. The first-order chi connectivity index (χ1) is 11.0. The summed E-state index contributed by atoms with van der Waals surface area (Å²) in [5.74, 6) is 1.30. The van der Waals surface area contributed by atoms with Gasteiger partial charge >= 0.3 is 0 Å². The topological polar surface area (TPSA) is 79.5 Å². The maximum atomic E-state index is 12.8. The van der Waals surface area contributed by atoms with Gasteiger partial charge in [0.05, 0.1) is 11.8 Å². The molecule has 0 N–H and O–H groups in total. The predicted molar refractivity (Wildman–Crippen MR) is 82.5 cm³/mol. The van der Waals surface area contributed by atoms with E-state index in [2.05, 4.69) is 10.1 Å². The molecule has 2 aliphatic heterocycles. The second-order valence-electron chi connectivity index (χ2n) is 6.84. The number of carbonyl (C=O) groups excluding carboxylic acids is 2. The van der Waals surface area contributed by atoms with Gasteiger partial charge in [0, 0.05) is 32.1 Å². The quantitative estimate of drug-likeness (QED) is 0.839. The van der Waals surface area contributed by atoms with E-state index in [0.29, 0.717) is 31.2 Å². The highest BCUT2D eigenvalue weighted by Crippen LogP contribution is 2.29. The number of piperidine rings is 1. The van der Waals surface area contributed by atoms with Gasteiger partial charge in [0.2, 0.25) is 17.7 Å². The number of amides is 2. The molecule has 0 radical (unpaired) electrons. The summed E-state index contributed by atoms with van der Waals surface area (Å²) in [6.07, 6.45) is 2.21. The lowest BCUT2D eigenvalue weighted by atomic mass is 9.96. The van der Waals surface area contributed by atoms with E-state index >= 15 is 0 Å². The van der Waals surface area contributed by atoms with Gasteiger partial charge in [-0.2, -0.15) is 4.98 Å². The van der Waals surface area contributed by atoms with Crippen LogP contribution in [0.3, 0.4) is 0 Å². The van der Waals surface area contributed by atoms with Crippen LogP contribution in [-0.4, -0.2) is 57.4 Å². The molecular formula is C16H24N4O3. The molecule has 2 amide bonds. The van der Waals surface area contributed by atoms with Crippen LogP contribution in [-0.2, 0) is 9.59 Å². The van der Waals surface area contributed by atoms with Crippen LogP contribution in [0.5, 0.6) is 0 Å². The van der Waals surface area contributed by atoms with Crippen molar-refractivity contribution in [1.29, 1.82) is 0 Å². The molecule has 0 spiro atoms. The number of aromatic nitrogens is 2. The Morgan fingerprint density at radius 1 is 1.35 bits per heavy atom. The molecule has 0 aliphatic carbocycles. The standard InChI is InChI=1S/C16H24N4O3/c1-10(2)20-9-13(7-14(20)21)16(22)19-6-4-5-12(8-19)15-17-11(3)18-23-15/h10,12-13H,4-9H2,1-3H3. The van der Waals surface area contributed by atoms with Gasteiger partial charge in [0.15, 0.2) is 5.82 Å². The number of hydrogen-bond acceptors (Lipinski definition) is 5. The van der Waals surface area contributed by atoms with Crippen LogP contribution in [0.1, 0.15) is 50.7 Å². The van der Waals surface area contributed by atoms with Crippen molar-refractivity contribution in [2.24, 2.45) is 5.92 Å². The first-order valence-corrected chi connectivity index (χ1v) is 8.34. The third-order valence-electron chi connectivity index (χ3n) is 4.76. The zero-order chi connectivity index (χ0) is 16.6. The van der Waals surface area contributed by atoms with Gasteiger partial charge in [-0.1, -0.05) is 5.16 Å². The highest BCUT2D eigenvalue weighted by molar-refractivity contribution is 5.89. The maximum Gasteiger partial charge on any atom is 0.231 e. The van der Waals surface area contributed by atoms with Crippen LogP contribution >= 0.6 is 0 Å². The molecule has 2 aliphatic rings. The monoisotopic (exact) mass is 320 g/mol. The second-order valence-corrected chi connectivity index (χ2v) is 6.84. The summed E-state index contributed by atoms with van der Waals surface area (Å²) < 4.78 is 5.26. The third kappa shape index (κ3) is 3.23. The molecule has 1 aromatic heterocycles. The molecule has 1 aromatic rings. The Balaban J connectivity index is 1.65. The number of carbonyl (C=O) groups is 2. The fourth-order valence-electron chi connectivity index (χ4n) is 3.51. The average molecular weight is 320 g/mol. The Morgan fingerprint density at radius 2 is 2.13 bits per heavy atom. The summed E-state index contributed by atoms with van der Waals surface area (Å²) in [7, 11) is 0. The van der Waals surface area contributed by atoms with E-state index < -0.39 is 0 Å². The molecule has 2 atom stereocenters. The summed E-state index contributed by atoms with van der Waals surface area (Å²) in [6.45, 7) is 7.65. The van der Waals surface area contributed by atoms with Crippen molar-refractivity contribution < 1.29 is 14.1 Å². The molecule has 2 saturated heterocycles. The van der Waals surface area contributed by atoms with Gasteiger partial charge in [-0.15, -0.1) is 0 Å². The zero-order valence-electron chi connectivity index (χ0n) is 14.0. The zero-order valence-corrected chi connectivity index (χ0v) is 14.0. The molecule has 3 heterocycles. The van der Waals surface area contributed by atoms with Crippen molar-refractivity contribution in [1.82, 2.24) is 19.9 Å². The van der Waals surface area contributed by atoms with Crippen molar-refractivity contribution in [3.8, 4) is 0 Å². The molecular weight excluding hydrogens is 296 g/mol. The van der Waals surface area contributed by atoms with Gasteiger partial charge in [-0.05, 0) is 33.6 Å². The lowest BCUT2D eigenvalue weighted by Crippen LogP contribution is -2.43. The van der Waals surface area contributed by atoms with Crippen molar-refractivity contribution in [2.75, 3.05) is 19.6 Å². The minimum absolute atomic E-state index is 0.0828. The highest BCUT2D eigenvalue weighted by atomic mass is 16.5. The Hall–Kier alpha value is -1.92. The average Bonchev–Trinajstić information content (AvgIpc) is 3.13. The van der Waals surface area contributed by atoms with Gasteiger partial charge in [-0.25, -0.2) is 0 Å². The molecule has 3 rings (SSSR count). The van der Waals surface area contributed by atoms with Gasteiger partial charge in [-0.3, -0.25) is 9.59 Å². The second kappa shape index (κ2) is 6.29. The summed E-state index contributed by atoms with van der Waals surface area (Å²) in [6, 6.07) is 0.149. The molecule has 7 nitrogen and oxygen atoms in total. The first kappa shape index (κ1) is 16.0. The molecule has 2 fully saturated rings. The van der Waals surface area contributed by atoms with Crippen LogP contribution in [0.2, 0.25) is 0 Å². The van der Waals surface area contributed by atoms with Crippen LogP contribution in [0.25, 0.3) is 0 Å². The molecule has 2 unspecified atom stereocenters. The van der Waals surface area contributed by atoms with Crippen LogP contribution in [0, 0.1) is 12.8 Å². The Labute approximate surface area is 136 Å². The fourth-order valence-corrected chi connectivity index (χ4v) is 3.51. The van der Waals surface area contributed by atoms with Crippen molar-refractivity contribution in [3.63, 3.8) is 0 Å². The Kier molecular flexibility index (Phi) is 4.37. The van der Waals surface area contributed by atoms with Gasteiger partial charge in [0.25, 0.3) is 0 Å². The molecule has 0 bridgehead atoms. The maximum absolute atomic E-state index is 12.8. The van der Waals surface area contributed by atoms with E-state index in [9.17, 15) is 9.59 Å². The predicted octanol–water partition coefficient (Wildman–Crippen LogP) is 1.34. The summed E-state index contributed by atoms with van der Waals surface area (Å²) in [4.78, 5) is 32.8. The normalized spacial score (nSPS) is 25.5. The Bertz CT molecular complexity index is 598. The number of likely N-dealkylation sites (tertiary alicyclic amines) is 2. The summed E-state index contributed by atoms with van der Waals surface area (Å²) in [5.41, 5.74) is 0. The van der Waals surface area contributed by atoms with E-state index in [0.717, 1.165) is 19.4 Å². The highest BCUT2D eigenvalue weighted by Gasteiger charge is 2.39. The van der Waals surface area contributed by atoms with E-state index in [-0.39, 0.29) is 29.7 Å². The van der Waals surface area contributed by atoms with Crippen LogP contribution < -0.4 is 0 Å². The van der Waals surface area contributed by atoms with Gasteiger partial charge in [0.1, 0.15) is 0 Å². The van der Waals surface area contributed by atoms with Crippen molar-refractivity contribution in [2.45, 2.75) is 52.0 Å².